The molecule has 3 aromatic heterocycles. The predicted molar refractivity (Wildman–Crippen MR) is 342 cm³/mol. The van der Waals surface area contributed by atoms with Crippen LogP contribution in [0, 0.1) is 0 Å². The van der Waals surface area contributed by atoms with E-state index in [1.165, 1.54) is 120 Å². The van der Waals surface area contributed by atoms with Gasteiger partial charge in [0.25, 0.3) is 0 Å². The van der Waals surface area contributed by atoms with E-state index in [-0.39, 0.29) is 5.41 Å². The largest absolute Gasteiger partial charge is 0.309 e. The van der Waals surface area contributed by atoms with Gasteiger partial charge in [-0.2, -0.15) is 0 Å². The molecule has 380 valence electrons. The molecule has 0 fully saturated rings. The molecule has 0 saturated carbocycles. The molecule has 0 N–H and O–H groups in total. The Morgan fingerprint density at radius 3 is 1.14 bits per heavy atom. The molecule has 0 atom stereocenters. The Balaban J connectivity index is 0.860. The second-order valence-electron chi connectivity index (χ2n) is 22.4. The number of fused-ring (bicyclic) bond motifs is 14. The minimum atomic E-state index is -0.309. The molecule has 1 aliphatic rings. The SMILES string of the molecule is CC1(C)c2cc(-c3ccc4c5ccccc5n(-c5ccccc5)c4c3)ccc2-c2ccc(N(c3ccc(-n4c5ccccc5c5ccccc54)c4ccccc34)c3ccc(-n4c5ccccc5c5ccccc54)c4ccccc34)cc21. The minimum Gasteiger partial charge on any atom is -0.309 e. The number of para-hydroxylation sites is 6. The lowest BCUT2D eigenvalue weighted by Gasteiger charge is -2.31. The van der Waals surface area contributed by atoms with Crippen molar-refractivity contribution in [2.45, 2.75) is 19.3 Å². The fourth-order valence-electron chi connectivity index (χ4n) is 14.1. The summed E-state index contributed by atoms with van der Waals surface area (Å²) in [6.07, 6.45) is 0. The zero-order valence-corrected chi connectivity index (χ0v) is 44.8. The molecule has 0 spiro atoms. The van der Waals surface area contributed by atoms with Gasteiger partial charge in [0.1, 0.15) is 0 Å². The van der Waals surface area contributed by atoms with E-state index in [1.807, 2.05) is 0 Å². The predicted octanol–water partition coefficient (Wildman–Crippen LogP) is 20.7. The Labute approximate surface area is 468 Å². The summed E-state index contributed by atoms with van der Waals surface area (Å²) in [6, 6.07) is 104. The Morgan fingerprint density at radius 1 is 0.272 bits per heavy atom. The van der Waals surface area contributed by atoms with Crippen molar-refractivity contribution in [2.24, 2.45) is 0 Å². The number of nitrogens with zero attached hydrogens (tertiary/aromatic N) is 4. The molecule has 3 heterocycles. The van der Waals surface area contributed by atoms with Crippen molar-refractivity contribution in [1.82, 2.24) is 13.7 Å². The van der Waals surface area contributed by atoms with Gasteiger partial charge < -0.3 is 18.6 Å². The molecular weight excluding hydrogens is 981 g/mol. The second kappa shape index (κ2) is 17.3. The molecule has 1 aliphatic carbocycles. The molecule has 0 bridgehead atoms. The standard InChI is InChI=1S/C77H52N4/c1-77(2)65-46-49(50-37-40-64-63-30-10-15-31-67(63)78(76(64)47-50)51-20-4-3-5-21-51)36-39-53(65)54-41-38-52(48-66(54)77)79(72-42-44-74(61-24-8-6-22-59(61)72)80-68-32-16-11-26-55(68)56-27-12-17-33-69(56)80)73-43-45-75(62-25-9-7-23-60(62)73)81-70-34-18-13-28-57(70)58-29-14-19-35-71(58)81/h3-48H,1-2H3. The van der Waals surface area contributed by atoms with Crippen LogP contribution in [0.3, 0.4) is 0 Å². The topological polar surface area (TPSA) is 18.0 Å². The number of hydrogen-bond acceptors (Lipinski definition) is 1. The van der Waals surface area contributed by atoms with Gasteiger partial charge in [0.15, 0.2) is 0 Å². The third-order valence-electron chi connectivity index (χ3n) is 17.8. The fraction of sp³-hybridized carbons (Fsp3) is 0.0390. The smallest absolute Gasteiger partial charge is 0.0547 e. The van der Waals surface area contributed by atoms with Crippen LogP contribution in [-0.4, -0.2) is 13.7 Å². The van der Waals surface area contributed by atoms with Gasteiger partial charge >= 0.3 is 0 Å². The first kappa shape index (κ1) is 45.6. The average molecular weight is 1030 g/mol. The van der Waals surface area contributed by atoms with Crippen LogP contribution in [0.4, 0.5) is 17.1 Å². The minimum absolute atomic E-state index is 0.309. The van der Waals surface area contributed by atoms with Gasteiger partial charge in [0.2, 0.25) is 0 Å². The van der Waals surface area contributed by atoms with Crippen LogP contribution in [0.5, 0.6) is 0 Å². The molecule has 16 aromatic rings. The van der Waals surface area contributed by atoms with E-state index in [0.29, 0.717) is 0 Å². The molecular formula is C77H52N4. The first-order chi connectivity index (χ1) is 40.0. The third kappa shape index (κ3) is 6.59. The lowest BCUT2D eigenvalue weighted by molar-refractivity contribution is 0.660. The van der Waals surface area contributed by atoms with Gasteiger partial charge in [-0.25, -0.2) is 0 Å². The Kier molecular flexibility index (Phi) is 9.73. The van der Waals surface area contributed by atoms with Crippen LogP contribution in [0.2, 0.25) is 0 Å². The highest BCUT2D eigenvalue weighted by atomic mass is 15.1. The molecule has 4 heteroatoms. The maximum absolute atomic E-state index is 2.54. The van der Waals surface area contributed by atoms with Crippen molar-refractivity contribution in [3.05, 3.63) is 290 Å². The van der Waals surface area contributed by atoms with Crippen LogP contribution in [0.1, 0.15) is 25.0 Å². The average Bonchev–Trinajstić information content (AvgIpc) is 4.42. The van der Waals surface area contributed by atoms with Crippen molar-refractivity contribution in [2.75, 3.05) is 4.90 Å². The molecule has 4 nitrogen and oxygen atoms in total. The van der Waals surface area contributed by atoms with Crippen LogP contribution < -0.4 is 4.90 Å². The normalized spacial score (nSPS) is 12.9. The second-order valence-corrected chi connectivity index (χ2v) is 22.4. The van der Waals surface area contributed by atoms with Gasteiger partial charge in [-0.05, 0) is 124 Å². The third-order valence-corrected chi connectivity index (χ3v) is 17.8. The van der Waals surface area contributed by atoms with Gasteiger partial charge in [0, 0.05) is 70.7 Å². The van der Waals surface area contributed by atoms with Gasteiger partial charge in [0.05, 0.1) is 55.8 Å². The summed E-state index contributed by atoms with van der Waals surface area (Å²) in [7, 11) is 0. The molecule has 0 radical (unpaired) electrons. The first-order valence-corrected chi connectivity index (χ1v) is 28.2. The van der Waals surface area contributed by atoms with Crippen molar-refractivity contribution < 1.29 is 0 Å². The van der Waals surface area contributed by atoms with Crippen molar-refractivity contribution in [3.8, 4) is 39.3 Å². The Hall–Kier alpha value is -10.4. The van der Waals surface area contributed by atoms with E-state index in [4.69, 9.17) is 0 Å². The summed E-state index contributed by atoms with van der Waals surface area (Å²) in [6.45, 7) is 4.83. The summed E-state index contributed by atoms with van der Waals surface area (Å²) < 4.78 is 7.33. The number of hydrogen-bond donors (Lipinski definition) is 0. The van der Waals surface area contributed by atoms with E-state index in [0.717, 1.165) is 34.1 Å². The number of anilines is 3. The molecule has 0 saturated heterocycles. The highest BCUT2D eigenvalue weighted by Crippen LogP contribution is 2.53. The summed E-state index contributed by atoms with van der Waals surface area (Å²) in [5.41, 5.74) is 21.3. The first-order valence-electron chi connectivity index (χ1n) is 28.2. The molecule has 0 aliphatic heterocycles. The maximum atomic E-state index is 2.54. The Morgan fingerprint density at radius 2 is 0.642 bits per heavy atom. The van der Waals surface area contributed by atoms with Crippen LogP contribution in [-0.2, 0) is 5.41 Å². The van der Waals surface area contributed by atoms with Crippen LogP contribution in [0.15, 0.2) is 279 Å². The highest BCUT2D eigenvalue weighted by molar-refractivity contribution is 6.15. The molecule has 81 heavy (non-hydrogen) atoms. The van der Waals surface area contributed by atoms with E-state index >= 15 is 0 Å². The Bertz CT molecular complexity index is 4980. The molecule has 17 rings (SSSR count). The number of aromatic nitrogens is 3. The number of benzene rings is 13. The van der Waals surface area contributed by atoms with Gasteiger partial charge in [-0.3, -0.25) is 0 Å². The van der Waals surface area contributed by atoms with E-state index in [2.05, 4.69) is 312 Å². The monoisotopic (exact) mass is 1030 g/mol. The van der Waals surface area contributed by atoms with Crippen molar-refractivity contribution in [3.63, 3.8) is 0 Å². The molecule has 0 amide bonds. The zero-order valence-electron chi connectivity index (χ0n) is 44.8. The zero-order chi connectivity index (χ0) is 53.5. The quantitative estimate of drug-likeness (QED) is 0.156. The van der Waals surface area contributed by atoms with E-state index in [9.17, 15) is 0 Å². The summed E-state index contributed by atoms with van der Waals surface area (Å²) >= 11 is 0. The van der Waals surface area contributed by atoms with Gasteiger partial charge in [-0.15, -0.1) is 0 Å². The summed E-state index contributed by atoms with van der Waals surface area (Å²) in [4.78, 5) is 2.54. The number of rotatable bonds is 7. The maximum Gasteiger partial charge on any atom is 0.0547 e. The summed E-state index contributed by atoms with van der Waals surface area (Å²) in [5, 5.41) is 12.2. The van der Waals surface area contributed by atoms with Crippen molar-refractivity contribution in [1.29, 1.82) is 0 Å². The van der Waals surface area contributed by atoms with Crippen LogP contribution in [0.25, 0.3) is 126 Å². The lowest BCUT2D eigenvalue weighted by atomic mass is 9.81. The lowest BCUT2D eigenvalue weighted by Crippen LogP contribution is -2.17. The van der Waals surface area contributed by atoms with Gasteiger partial charge in [-0.1, -0.05) is 202 Å². The molecule has 0 unspecified atom stereocenters. The summed E-state index contributed by atoms with van der Waals surface area (Å²) in [5.74, 6) is 0. The highest BCUT2D eigenvalue weighted by Gasteiger charge is 2.37. The van der Waals surface area contributed by atoms with E-state index in [1.54, 1.807) is 0 Å². The molecule has 13 aromatic carbocycles. The van der Waals surface area contributed by atoms with E-state index < -0.39 is 0 Å². The van der Waals surface area contributed by atoms with Crippen molar-refractivity contribution >= 4 is 104 Å². The fourth-order valence-corrected chi connectivity index (χ4v) is 14.1. The van der Waals surface area contributed by atoms with Crippen LogP contribution >= 0.6 is 0 Å².